The average Bonchev–Trinajstić information content (AvgIpc) is 2.34. The van der Waals surface area contributed by atoms with Gasteiger partial charge in [0.15, 0.2) is 0 Å². The molecule has 0 heterocycles. The zero-order valence-corrected chi connectivity index (χ0v) is 10.7. The molecule has 0 bridgehead atoms. The van der Waals surface area contributed by atoms with Crippen LogP contribution in [0.5, 0.6) is 5.75 Å². The summed E-state index contributed by atoms with van der Waals surface area (Å²) in [6.07, 6.45) is 0.993. The van der Waals surface area contributed by atoms with Crippen molar-refractivity contribution in [3.8, 4) is 5.75 Å². The Bertz CT molecular complexity index is 408. The third kappa shape index (κ3) is 4.33. The molecule has 100 valence electrons. The summed E-state index contributed by atoms with van der Waals surface area (Å²) in [5.41, 5.74) is 6.08. The van der Waals surface area contributed by atoms with Crippen LogP contribution in [-0.4, -0.2) is 19.6 Å². The molecule has 0 aliphatic heterocycles. The van der Waals surface area contributed by atoms with E-state index in [1.165, 1.54) is 6.07 Å². The van der Waals surface area contributed by atoms with Gasteiger partial charge in [-0.15, -0.1) is 0 Å². The second kappa shape index (κ2) is 6.96. The van der Waals surface area contributed by atoms with Gasteiger partial charge in [0.05, 0.1) is 6.61 Å². The lowest BCUT2D eigenvalue weighted by molar-refractivity contribution is -0.120. The number of ether oxygens (including phenoxy) is 1. The molecule has 0 saturated heterocycles. The largest absolute Gasteiger partial charge is 0.493 e. The minimum atomic E-state index is -0.367. The van der Waals surface area contributed by atoms with Gasteiger partial charge in [-0.2, -0.15) is 0 Å². The highest BCUT2D eigenvalue weighted by molar-refractivity contribution is 5.75. The van der Waals surface area contributed by atoms with E-state index >= 15 is 0 Å². The van der Waals surface area contributed by atoms with Crippen LogP contribution in [0.3, 0.4) is 0 Å². The van der Waals surface area contributed by atoms with Gasteiger partial charge in [0.1, 0.15) is 11.6 Å². The van der Waals surface area contributed by atoms with Crippen molar-refractivity contribution in [3.63, 3.8) is 0 Å². The van der Waals surface area contributed by atoms with Crippen molar-refractivity contribution in [2.75, 3.05) is 13.7 Å². The van der Waals surface area contributed by atoms with Crippen molar-refractivity contribution in [1.82, 2.24) is 5.32 Å². The first-order valence-corrected chi connectivity index (χ1v) is 5.93. The van der Waals surface area contributed by atoms with Crippen LogP contribution in [0.1, 0.15) is 31.4 Å². The summed E-state index contributed by atoms with van der Waals surface area (Å²) in [5.74, 6) is 0.0553. The molecule has 0 aromatic heterocycles. The molecule has 1 unspecified atom stereocenters. The van der Waals surface area contributed by atoms with Gasteiger partial charge >= 0.3 is 0 Å². The topological polar surface area (TPSA) is 64.3 Å². The number of nitrogens with two attached hydrogens (primary N) is 1. The lowest BCUT2D eigenvalue weighted by Crippen LogP contribution is -2.18. The Morgan fingerprint density at radius 1 is 1.56 bits per heavy atom. The minimum Gasteiger partial charge on any atom is -0.493 e. The van der Waals surface area contributed by atoms with E-state index in [0.717, 1.165) is 0 Å². The second-order valence-corrected chi connectivity index (χ2v) is 4.10. The summed E-state index contributed by atoms with van der Waals surface area (Å²) in [7, 11) is 1.59. The number of rotatable bonds is 6. The Kier molecular flexibility index (Phi) is 5.58. The van der Waals surface area contributed by atoms with Crippen molar-refractivity contribution in [1.29, 1.82) is 0 Å². The highest BCUT2D eigenvalue weighted by atomic mass is 19.1. The first-order valence-electron chi connectivity index (χ1n) is 5.93. The summed E-state index contributed by atoms with van der Waals surface area (Å²) in [5, 5.41) is 2.52. The zero-order chi connectivity index (χ0) is 13.5. The predicted octanol–water partition coefficient (Wildman–Crippen LogP) is 1.75. The van der Waals surface area contributed by atoms with Gasteiger partial charge in [-0.25, -0.2) is 4.39 Å². The van der Waals surface area contributed by atoms with Crippen molar-refractivity contribution >= 4 is 5.91 Å². The molecule has 1 rings (SSSR count). The normalized spacial score (nSPS) is 12.0. The van der Waals surface area contributed by atoms with E-state index in [0.29, 0.717) is 30.8 Å². The monoisotopic (exact) mass is 254 g/mol. The first kappa shape index (κ1) is 14.4. The van der Waals surface area contributed by atoms with Crippen LogP contribution in [0.25, 0.3) is 0 Å². The predicted molar refractivity (Wildman–Crippen MR) is 67.8 cm³/mol. The van der Waals surface area contributed by atoms with Crippen LogP contribution >= 0.6 is 0 Å². The number of hydrogen-bond acceptors (Lipinski definition) is 3. The molecule has 0 aliphatic rings. The molecule has 1 aromatic rings. The number of carbonyl (C=O) groups excluding carboxylic acids is 1. The van der Waals surface area contributed by atoms with Gasteiger partial charge in [-0.05, 0) is 19.4 Å². The summed E-state index contributed by atoms with van der Waals surface area (Å²) >= 11 is 0. The molecule has 4 nitrogen and oxygen atoms in total. The Morgan fingerprint density at radius 3 is 2.83 bits per heavy atom. The maximum absolute atomic E-state index is 13.6. The average molecular weight is 254 g/mol. The van der Waals surface area contributed by atoms with Crippen molar-refractivity contribution in [3.05, 3.63) is 29.6 Å². The van der Waals surface area contributed by atoms with Gasteiger partial charge < -0.3 is 15.8 Å². The number of carbonyl (C=O) groups is 1. The SMILES string of the molecule is CNC(=O)CCCOc1ccc(C(C)N)c(F)c1. The zero-order valence-electron chi connectivity index (χ0n) is 10.7. The second-order valence-electron chi connectivity index (χ2n) is 4.10. The molecule has 1 aromatic carbocycles. The van der Waals surface area contributed by atoms with Gasteiger partial charge in [0.2, 0.25) is 5.91 Å². The van der Waals surface area contributed by atoms with Crippen LogP contribution < -0.4 is 15.8 Å². The van der Waals surface area contributed by atoms with Gasteiger partial charge in [-0.3, -0.25) is 4.79 Å². The van der Waals surface area contributed by atoms with Crippen LogP contribution in [0, 0.1) is 5.82 Å². The summed E-state index contributed by atoms with van der Waals surface area (Å²) < 4.78 is 18.9. The Balaban J connectivity index is 2.44. The summed E-state index contributed by atoms with van der Waals surface area (Å²) in [6, 6.07) is 4.28. The molecule has 0 saturated carbocycles. The standard InChI is InChI=1S/C13H19FN2O2/c1-9(15)11-6-5-10(8-12(11)14)18-7-3-4-13(17)16-2/h5-6,8-9H,3-4,7,15H2,1-2H3,(H,16,17). The van der Waals surface area contributed by atoms with E-state index < -0.39 is 0 Å². The van der Waals surface area contributed by atoms with Crippen molar-refractivity contribution < 1.29 is 13.9 Å². The van der Waals surface area contributed by atoms with E-state index in [-0.39, 0.29) is 17.8 Å². The number of amides is 1. The van der Waals surface area contributed by atoms with Gasteiger partial charge in [0.25, 0.3) is 0 Å². The van der Waals surface area contributed by atoms with Gasteiger partial charge in [0, 0.05) is 31.1 Å². The highest BCUT2D eigenvalue weighted by Gasteiger charge is 2.08. The van der Waals surface area contributed by atoms with E-state index in [2.05, 4.69) is 5.32 Å². The molecule has 18 heavy (non-hydrogen) atoms. The third-order valence-electron chi connectivity index (χ3n) is 2.56. The van der Waals surface area contributed by atoms with Crippen LogP contribution in [0.15, 0.2) is 18.2 Å². The van der Waals surface area contributed by atoms with Crippen molar-refractivity contribution in [2.24, 2.45) is 5.73 Å². The molecule has 1 atom stereocenters. The Morgan fingerprint density at radius 2 is 2.28 bits per heavy atom. The summed E-state index contributed by atoms with van der Waals surface area (Å²) in [6.45, 7) is 2.10. The lowest BCUT2D eigenvalue weighted by atomic mass is 10.1. The maximum Gasteiger partial charge on any atom is 0.219 e. The van der Waals surface area contributed by atoms with Crippen molar-refractivity contribution in [2.45, 2.75) is 25.8 Å². The van der Waals surface area contributed by atoms with Gasteiger partial charge in [-0.1, -0.05) is 6.07 Å². The molecule has 1 amide bonds. The minimum absolute atomic E-state index is 0.0305. The Labute approximate surface area is 106 Å². The third-order valence-corrected chi connectivity index (χ3v) is 2.56. The van der Waals surface area contributed by atoms with E-state index in [9.17, 15) is 9.18 Å². The molecule has 0 spiro atoms. The number of hydrogen-bond donors (Lipinski definition) is 2. The number of benzene rings is 1. The number of nitrogens with one attached hydrogen (secondary N) is 1. The lowest BCUT2D eigenvalue weighted by Gasteiger charge is -2.10. The molecule has 3 N–H and O–H groups in total. The van der Waals surface area contributed by atoms with E-state index in [1.807, 2.05) is 0 Å². The fourth-order valence-electron chi connectivity index (χ4n) is 1.51. The fraction of sp³-hybridized carbons (Fsp3) is 0.462. The molecular formula is C13H19FN2O2. The Hall–Kier alpha value is -1.62. The molecule has 5 heteroatoms. The quantitative estimate of drug-likeness (QED) is 0.760. The maximum atomic E-state index is 13.6. The first-order chi connectivity index (χ1) is 8.54. The highest BCUT2D eigenvalue weighted by Crippen LogP contribution is 2.20. The van der Waals surface area contributed by atoms with E-state index in [4.69, 9.17) is 10.5 Å². The van der Waals surface area contributed by atoms with Crippen LogP contribution in [0.2, 0.25) is 0 Å². The fourth-order valence-corrected chi connectivity index (χ4v) is 1.51. The number of halogens is 1. The smallest absolute Gasteiger partial charge is 0.219 e. The molecule has 0 fully saturated rings. The van der Waals surface area contributed by atoms with Crippen LogP contribution in [-0.2, 0) is 4.79 Å². The molecule has 0 radical (unpaired) electrons. The molecular weight excluding hydrogens is 235 g/mol. The van der Waals surface area contributed by atoms with E-state index in [1.54, 1.807) is 26.1 Å². The summed E-state index contributed by atoms with van der Waals surface area (Å²) in [4.78, 5) is 11.0. The molecule has 0 aliphatic carbocycles. The van der Waals surface area contributed by atoms with Crippen LogP contribution in [0.4, 0.5) is 4.39 Å².